The Balaban J connectivity index is 2.73. The van der Waals surface area contributed by atoms with Crippen LogP contribution in [0.1, 0.15) is 13.3 Å². The van der Waals surface area contributed by atoms with Crippen LogP contribution in [0.25, 0.3) is 0 Å². The monoisotopic (exact) mass is 198 g/mol. The van der Waals surface area contributed by atoms with Crippen molar-refractivity contribution in [2.24, 2.45) is 5.14 Å². The summed E-state index contributed by atoms with van der Waals surface area (Å²) in [6.07, 6.45) is 1.07. The average Bonchev–Trinajstić information content (AvgIpc) is 2.15. The SMILES string of the molecule is CCCNc1cccc(S(N)=O)c1. The van der Waals surface area contributed by atoms with Gasteiger partial charge in [0.05, 0.1) is 4.90 Å². The highest BCUT2D eigenvalue weighted by Crippen LogP contribution is 2.11. The van der Waals surface area contributed by atoms with Gasteiger partial charge in [-0.05, 0) is 24.6 Å². The van der Waals surface area contributed by atoms with E-state index in [0.717, 1.165) is 18.7 Å². The first-order chi connectivity index (χ1) is 6.24. The predicted octanol–water partition coefficient (Wildman–Crippen LogP) is 1.49. The maximum atomic E-state index is 10.9. The summed E-state index contributed by atoms with van der Waals surface area (Å²) in [5.74, 6) is 0. The molecule has 1 unspecified atom stereocenters. The minimum absolute atomic E-state index is 0.654. The molecular formula is C9H14N2OS. The average molecular weight is 198 g/mol. The third kappa shape index (κ3) is 3.16. The molecule has 0 spiro atoms. The first-order valence-electron chi connectivity index (χ1n) is 4.24. The van der Waals surface area contributed by atoms with Gasteiger partial charge in [0.1, 0.15) is 11.0 Å². The molecule has 1 rings (SSSR count). The van der Waals surface area contributed by atoms with Gasteiger partial charge < -0.3 is 5.32 Å². The Labute approximate surface area is 80.9 Å². The van der Waals surface area contributed by atoms with E-state index in [4.69, 9.17) is 5.14 Å². The lowest BCUT2D eigenvalue weighted by molar-refractivity contribution is 0.684. The normalized spacial score (nSPS) is 12.5. The number of nitrogens with one attached hydrogen (secondary N) is 1. The van der Waals surface area contributed by atoms with Crippen LogP contribution in [0.5, 0.6) is 0 Å². The zero-order valence-corrected chi connectivity index (χ0v) is 8.43. The van der Waals surface area contributed by atoms with Gasteiger partial charge in [0.2, 0.25) is 0 Å². The van der Waals surface area contributed by atoms with Crippen molar-refractivity contribution in [3.63, 3.8) is 0 Å². The molecule has 3 N–H and O–H groups in total. The highest BCUT2D eigenvalue weighted by Gasteiger charge is 1.98. The third-order valence-electron chi connectivity index (χ3n) is 1.65. The van der Waals surface area contributed by atoms with Gasteiger partial charge in [0.25, 0.3) is 0 Å². The van der Waals surface area contributed by atoms with E-state index >= 15 is 0 Å². The van der Waals surface area contributed by atoms with Gasteiger partial charge in [-0.15, -0.1) is 0 Å². The Kier molecular flexibility index (Phi) is 3.92. The van der Waals surface area contributed by atoms with E-state index in [-0.39, 0.29) is 0 Å². The first kappa shape index (κ1) is 10.2. The van der Waals surface area contributed by atoms with E-state index in [2.05, 4.69) is 12.2 Å². The second-order valence-corrected chi connectivity index (χ2v) is 3.82. The summed E-state index contributed by atoms with van der Waals surface area (Å²) in [5, 5.41) is 8.46. The number of benzene rings is 1. The second-order valence-electron chi connectivity index (χ2n) is 2.75. The Morgan fingerprint density at radius 1 is 1.54 bits per heavy atom. The van der Waals surface area contributed by atoms with Crippen LogP contribution < -0.4 is 10.5 Å². The molecule has 0 heterocycles. The van der Waals surface area contributed by atoms with Crippen molar-refractivity contribution < 1.29 is 4.21 Å². The van der Waals surface area contributed by atoms with Crippen molar-refractivity contribution >= 4 is 16.7 Å². The zero-order valence-electron chi connectivity index (χ0n) is 7.62. The molecule has 0 bridgehead atoms. The summed E-state index contributed by atoms with van der Waals surface area (Å²) in [7, 11) is -1.38. The second kappa shape index (κ2) is 4.99. The van der Waals surface area contributed by atoms with E-state index < -0.39 is 11.0 Å². The number of hydrogen-bond donors (Lipinski definition) is 2. The molecule has 0 saturated carbocycles. The molecule has 0 aromatic heterocycles. The Morgan fingerprint density at radius 3 is 2.92 bits per heavy atom. The van der Waals surface area contributed by atoms with Crippen molar-refractivity contribution in [3.05, 3.63) is 24.3 Å². The summed E-state index contributed by atoms with van der Waals surface area (Å²) in [6, 6.07) is 7.35. The molecule has 0 radical (unpaired) electrons. The highest BCUT2D eigenvalue weighted by molar-refractivity contribution is 7.82. The molecule has 13 heavy (non-hydrogen) atoms. The molecular weight excluding hydrogens is 184 g/mol. The Morgan fingerprint density at radius 2 is 2.31 bits per heavy atom. The maximum absolute atomic E-state index is 10.9. The van der Waals surface area contributed by atoms with Crippen LogP contribution in [0, 0.1) is 0 Å². The van der Waals surface area contributed by atoms with Crippen LogP contribution in [0.15, 0.2) is 29.2 Å². The van der Waals surface area contributed by atoms with Gasteiger partial charge in [-0.25, -0.2) is 9.35 Å². The molecule has 0 saturated heterocycles. The fourth-order valence-electron chi connectivity index (χ4n) is 1.00. The lowest BCUT2D eigenvalue weighted by Crippen LogP contribution is -2.04. The fraction of sp³-hybridized carbons (Fsp3) is 0.333. The summed E-state index contributed by atoms with van der Waals surface area (Å²) < 4.78 is 10.9. The lowest BCUT2D eigenvalue weighted by Gasteiger charge is -2.05. The largest absolute Gasteiger partial charge is 0.385 e. The van der Waals surface area contributed by atoms with Crippen molar-refractivity contribution in [1.29, 1.82) is 0 Å². The van der Waals surface area contributed by atoms with Gasteiger partial charge >= 0.3 is 0 Å². The van der Waals surface area contributed by atoms with E-state index in [1.54, 1.807) is 6.07 Å². The summed E-state index contributed by atoms with van der Waals surface area (Å²) in [6.45, 7) is 3.01. The van der Waals surface area contributed by atoms with Crippen LogP contribution in [0.3, 0.4) is 0 Å². The van der Waals surface area contributed by atoms with Crippen molar-refractivity contribution in [2.75, 3.05) is 11.9 Å². The van der Waals surface area contributed by atoms with Gasteiger partial charge in [-0.3, -0.25) is 0 Å². The maximum Gasteiger partial charge on any atom is 0.122 e. The van der Waals surface area contributed by atoms with Crippen LogP contribution in [0.2, 0.25) is 0 Å². The summed E-state index contributed by atoms with van der Waals surface area (Å²) in [5.41, 5.74) is 0.971. The molecule has 0 fully saturated rings. The standard InChI is InChI=1S/C9H14N2OS/c1-2-6-11-8-4-3-5-9(7-8)13(10)12/h3-5,7,11H,2,6,10H2,1H3. The molecule has 1 aromatic carbocycles. The van der Waals surface area contributed by atoms with Crippen molar-refractivity contribution in [2.45, 2.75) is 18.2 Å². The smallest absolute Gasteiger partial charge is 0.122 e. The third-order valence-corrected chi connectivity index (χ3v) is 2.36. The molecule has 3 nitrogen and oxygen atoms in total. The minimum atomic E-state index is -1.38. The van der Waals surface area contributed by atoms with E-state index in [1.165, 1.54) is 0 Å². The van der Waals surface area contributed by atoms with Crippen LogP contribution >= 0.6 is 0 Å². The number of rotatable bonds is 4. The first-order valence-corrected chi connectivity index (χ1v) is 5.45. The molecule has 0 amide bonds. The summed E-state index contributed by atoms with van der Waals surface area (Å²) in [4.78, 5) is 0.654. The fourth-order valence-corrected chi connectivity index (χ4v) is 1.46. The molecule has 0 aliphatic rings. The van der Waals surface area contributed by atoms with Crippen molar-refractivity contribution in [1.82, 2.24) is 0 Å². The minimum Gasteiger partial charge on any atom is -0.385 e. The quantitative estimate of drug-likeness (QED) is 0.770. The lowest BCUT2D eigenvalue weighted by atomic mass is 10.3. The van der Waals surface area contributed by atoms with Gasteiger partial charge in [0, 0.05) is 12.2 Å². The van der Waals surface area contributed by atoms with Gasteiger partial charge in [0.15, 0.2) is 0 Å². The van der Waals surface area contributed by atoms with Gasteiger partial charge in [-0.2, -0.15) is 0 Å². The Hall–Kier alpha value is -0.870. The molecule has 4 heteroatoms. The number of anilines is 1. The molecule has 0 aliphatic carbocycles. The van der Waals surface area contributed by atoms with E-state index in [1.807, 2.05) is 18.2 Å². The highest BCUT2D eigenvalue weighted by atomic mass is 32.2. The van der Waals surface area contributed by atoms with Crippen LogP contribution in [-0.4, -0.2) is 10.8 Å². The Bertz CT molecular complexity index is 301. The van der Waals surface area contributed by atoms with E-state index in [9.17, 15) is 4.21 Å². The van der Waals surface area contributed by atoms with Gasteiger partial charge in [-0.1, -0.05) is 13.0 Å². The predicted molar refractivity (Wildman–Crippen MR) is 55.8 cm³/mol. The number of hydrogen-bond acceptors (Lipinski definition) is 2. The molecule has 1 atom stereocenters. The summed E-state index contributed by atoms with van der Waals surface area (Å²) >= 11 is 0. The van der Waals surface area contributed by atoms with Crippen molar-refractivity contribution in [3.8, 4) is 0 Å². The van der Waals surface area contributed by atoms with E-state index in [0.29, 0.717) is 4.90 Å². The number of nitrogens with two attached hydrogens (primary N) is 1. The topological polar surface area (TPSA) is 55.1 Å². The zero-order chi connectivity index (χ0) is 9.68. The molecule has 1 aromatic rings. The van der Waals surface area contributed by atoms with Crippen LogP contribution in [0.4, 0.5) is 5.69 Å². The van der Waals surface area contributed by atoms with Crippen LogP contribution in [-0.2, 0) is 11.0 Å². The molecule has 0 aliphatic heterocycles. The molecule has 72 valence electrons.